The minimum atomic E-state index is -0.213. The van der Waals surface area contributed by atoms with E-state index in [2.05, 4.69) is 11.9 Å². The van der Waals surface area contributed by atoms with E-state index in [-0.39, 0.29) is 29.0 Å². The van der Waals surface area contributed by atoms with Crippen molar-refractivity contribution in [3.63, 3.8) is 0 Å². The Morgan fingerprint density at radius 2 is 2.18 bits per heavy atom. The second-order valence-electron chi connectivity index (χ2n) is 5.80. The molecule has 0 unspecified atom stereocenters. The topological polar surface area (TPSA) is 78.6 Å². The van der Waals surface area contributed by atoms with Gasteiger partial charge in [0.05, 0.1) is 17.9 Å². The van der Waals surface area contributed by atoms with Crippen molar-refractivity contribution in [2.75, 3.05) is 13.1 Å². The van der Waals surface area contributed by atoms with Crippen LogP contribution in [0.5, 0.6) is 11.5 Å². The zero-order valence-corrected chi connectivity index (χ0v) is 12.4. The van der Waals surface area contributed by atoms with Gasteiger partial charge < -0.3 is 19.7 Å². The lowest BCUT2D eigenvalue weighted by Crippen LogP contribution is -2.43. The van der Waals surface area contributed by atoms with Gasteiger partial charge in [-0.05, 0) is 24.5 Å². The Bertz CT molecular complexity index is 669. The van der Waals surface area contributed by atoms with Crippen molar-refractivity contribution in [3.8, 4) is 11.5 Å². The number of carbonyl (C=O) groups is 1. The first-order valence-corrected chi connectivity index (χ1v) is 7.35. The Labute approximate surface area is 128 Å². The SMILES string of the molecule is C[C@H]1CCN(C(=O)c2ccc(O)cc2O)C[C@@H]1n1ccnc1. The summed E-state index contributed by atoms with van der Waals surface area (Å²) in [6.45, 7) is 3.41. The van der Waals surface area contributed by atoms with E-state index >= 15 is 0 Å². The van der Waals surface area contributed by atoms with Crippen LogP contribution in [0.4, 0.5) is 0 Å². The summed E-state index contributed by atoms with van der Waals surface area (Å²) < 4.78 is 2.03. The fourth-order valence-electron chi connectivity index (χ4n) is 2.96. The number of aromatic nitrogens is 2. The van der Waals surface area contributed by atoms with Crippen molar-refractivity contribution in [1.29, 1.82) is 0 Å². The number of likely N-dealkylation sites (tertiary alicyclic amines) is 1. The quantitative estimate of drug-likeness (QED) is 0.889. The summed E-state index contributed by atoms with van der Waals surface area (Å²) in [7, 11) is 0. The van der Waals surface area contributed by atoms with Gasteiger partial charge in [0.15, 0.2) is 0 Å². The lowest BCUT2D eigenvalue weighted by atomic mass is 9.92. The third kappa shape index (κ3) is 2.64. The molecule has 1 aromatic heterocycles. The Morgan fingerprint density at radius 1 is 1.36 bits per heavy atom. The van der Waals surface area contributed by atoms with E-state index in [1.807, 2.05) is 10.8 Å². The fraction of sp³-hybridized carbons (Fsp3) is 0.375. The average Bonchev–Trinajstić information content (AvgIpc) is 3.01. The van der Waals surface area contributed by atoms with E-state index in [0.717, 1.165) is 6.42 Å². The van der Waals surface area contributed by atoms with Gasteiger partial charge in [-0.3, -0.25) is 4.79 Å². The van der Waals surface area contributed by atoms with Crippen LogP contribution in [-0.2, 0) is 0 Å². The molecule has 116 valence electrons. The number of imidazole rings is 1. The number of amides is 1. The number of rotatable bonds is 2. The van der Waals surface area contributed by atoms with Crippen LogP contribution in [0.15, 0.2) is 36.9 Å². The Kier molecular flexibility index (Phi) is 3.75. The molecule has 0 spiro atoms. The van der Waals surface area contributed by atoms with Crippen LogP contribution in [0.25, 0.3) is 0 Å². The third-order valence-corrected chi connectivity index (χ3v) is 4.33. The monoisotopic (exact) mass is 301 g/mol. The number of phenols is 2. The summed E-state index contributed by atoms with van der Waals surface area (Å²) in [4.78, 5) is 18.4. The molecule has 6 heteroatoms. The van der Waals surface area contributed by atoms with Gasteiger partial charge in [0.25, 0.3) is 5.91 Å². The number of piperidine rings is 1. The van der Waals surface area contributed by atoms with Crippen LogP contribution >= 0.6 is 0 Å². The normalized spacial score (nSPS) is 21.8. The molecule has 1 fully saturated rings. The molecule has 0 aliphatic carbocycles. The van der Waals surface area contributed by atoms with Crippen molar-refractivity contribution in [1.82, 2.24) is 14.5 Å². The highest BCUT2D eigenvalue weighted by Gasteiger charge is 2.31. The van der Waals surface area contributed by atoms with Crippen LogP contribution in [-0.4, -0.2) is 43.7 Å². The fourth-order valence-corrected chi connectivity index (χ4v) is 2.96. The van der Waals surface area contributed by atoms with Crippen LogP contribution in [0.3, 0.4) is 0 Å². The van der Waals surface area contributed by atoms with Gasteiger partial charge >= 0.3 is 0 Å². The second-order valence-corrected chi connectivity index (χ2v) is 5.80. The molecule has 3 rings (SSSR count). The van der Waals surface area contributed by atoms with Crippen LogP contribution in [0, 0.1) is 5.92 Å². The highest BCUT2D eigenvalue weighted by Crippen LogP contribution is 2.30. The summed E-state index contributed by atoms with van der Waals surface area (Å²) in [6.07, 6.45) is 6.31. The van der Waals surface area contributed by atoms with E-state index < -0.39 is 0 Å². The molecule has 0 saturated carbocycles. The van der Waals surface area contributed by atoms with Gasteiger partial charge in [0.2, 0.25) is 0 Å². The van der Waals surface area contributed by atoms with Crippen molar-refractivity contribution in [2.45, 2.75) is 19.4 Å². The zero-order chi connectivity index (χ0) is 15.7. The van der Waals surface area contributed by atoms with E-state index in [1.165, 1.54) is 18.2 Å². The standard InChI is InChI=1S/C16H19N3O3/c1-11-4-6-18(9-14(11)19-7-5-17-10-19)16(22)13-3-2-12(20)8-15(13)21/h2-3,5,7-8,10-11,14,20-21H,4,6,9H2,1H3/t11-,14-/m0/s1. The molecule has 1 aromatic carbocycles. The number of carbonyl (C=O) groups excluding carboxylic acids is 1. The molecule has 2 heterocycles. The molecular weight excluding hydrogens is 282 g/mol. The lowest BCUT2D eigenvalue weighted by molar-refractivity contribution is 0.0618. The number of hydrogen-bond acceptors (Lipinski definition) is 4. The minimum absolute atomic E-state index is 0.0578. The van der Waals surface area contributed by atoms with Crippen molar-refractivity contribution in [2.24, 2.45) is 5.92 Å². The predicted molar refractivity (Wildman–Crippen MR) is 80.7 cm³/mol. The lowest BCUT2D eigenvalue weighted by Gasteiger charge is -2.37. The van der Waals surface area contributed by atoms with Crippen molar-refractivity contribution >= 4 is 5.91 Å². The van der Waals surface area contributed by atoms with E-state index in [4.69, 9.17) is 0 Å². The maximum Gasteiger partial charge on any atom is 0.257 e. The first-order valence-electron chi connectivity index (χ1n) is 7.35. The van der Waals surface area contributed by atoms with Crippen LogP contribution in [0.1, 0.15) is 29.7 Å². The summed E-state index contributed by atoms with van der Waals surface area (Å²) in [6, 6.07) is 4.23. The number of hydrogen-bond donors (Lipinski definition) is 2. The van der Waals surface area contributed by atoms with Crippen LogP contribution < -0.4 is 0 Å². The molecule has 1 aliphatic heterocycles. The van der Waals surface area contributed by atoms with Gasteiger partial charge in [-0.2, -0.15) is 0 Å². The summed E-state index contributed by atoms with van der Waals surface area (Å²) in [5.74, 6) is -0.0124. The van der Waals surface area contributed by atoms with E-state index in [9.17, 15) is 15.0 Å². The van der Waals surface area contributed by atoms with Gasteiger partial charge in [-0.25, -0.2) is 4.98 Å². The molecule has 6 nitrogen and oxygen atoms in total. The summed E-state index contributed by atoms with van der Waals surface area (Å²) in [5.41, 5.74) is 0.219. The molecule has 2 atom stereocenters. The van der Waals surface area contributed by atoms with Crippen molar-refractivity contribution in [3.05, 3.63) is 42.5 Å². The average molecular weight is 301 g/mol. The van der Waals surface area contributed by atoms with Gasteiger partial charge in [-0.1, -0.05) is 6.92 Å². The maximum atomic E-state index is 12.6. The van der Waals surface area contributed by atoms with E-state index in [0.29, 0.717) is 19.0 Å². The predicted octanol–water partition coefficient (Wildman–Crippen LogP) is 2.02. The molecule has 22 heavy (non-hydrogen) atoms. The van der Waals surface area contributed by atoms with Crippen molar-refractivity contribution < 1.29 is 15.0 Å². The Balaban J connectivity index is 1.81. The van der Waals surface area contributed by atoms with Gasteiger partial charge in [0, 0.05) is 31.5 Å². The number of benzene rings is 1. The molecule has 0 radical (unpaired) electrons. The first-order chi connectivity index (χ1) is 10.6. The smallest absolute Gasteiger partial charge is 0.257 e. The van der Waals surface area contributed by atoms with Gasteiger partial charge in [-0.15, -0.1) is 0 Å². The highest BCUT2D eigenvalue weighted by molar-refractivity contribution is 5.97. The largest absolute Gasteiger partial charge is 0.508 e. The van der Waals surface area contributed by atoms with Gasteiger partial charge in [0.1, 0.15) is 11.5 Å². The molecule has 2 aromatic rings. The first kappa shape index (κ1) is 14.4. The molecule has 2 N–H and O–H groups in total. The minimum Gasteiger partial charge on any atom is -0.508 e. The molecular formula is C16H19N3O3. The second kappa shape index (κ2) is 5.71. The molecule has 1 aliphatic rings. The molecule has 0 bridgehead atoms. The van der Waals surface area contributed by atoms with E-state index in [1.54, 1.807) is 17.4 Å². The Hall–Kier alpha value is -2.50. The number of phenolic OH excluding ortho intramolecular Hbond substituents is 2. The maximum absolute atomic E-state index is 12.6. The Morgan fingerprint density at radius 3 is 2.86 bits per heavy atom. The number of aromatic hydroxyl groups is 2. The molecule has 1 saturated heterocycles. The van der Waals surface area contributed by atoms with Crippen LogP contribution in [0.2, 0.25) is 0 Å². The molecule has 1 amide bonds. The summed E-state index contributed by atoms with van der Waals surface area (Å²) in [5, 5.41) is 19.2. The third-order valence-electron chi connectivity index (χ3n) is 4.33. The zero-order valence-electron chi connectivity index (χ0n) is 12.4. The summed E-state index contributed by atoms with van der Waals surface area (Å²) >= 11 is 0. The number of nitrogens with zero attached hydrogens (tertiary/aromatic N) is 3. The highest BCUT2D eigenvalue weighted by atomic mass is 16.3.